The third-order valence-corrected chi connectivity index (χ3v) is 5.78. The van der Waals surface area contributed by atoms with Crippen molar-refractivity contribution in [1.82, 2.24) is 0 Å². The van der Waals surface area contributed by atoms with Crippen LogP contribution in [-0.2, 0) is 9.84 Å². The van der Waals surface area contributed by atoms with E-state index >= 15 is 0 Å². The maximum Gasteiger partial charge on any atom is 0.210 e. The SMILES string of the molecule is Cc1ccc(S(=O)(=O)c2c(C)oc3c(C)cc(C)cc23)cc1. The summed E-state index contributed by atoms with van der Waals surface area (Å²) < 4.78 is 31.7. The first-order chi connectivity index (χ1) is 10.3. The summed E-state index contributed by atoms with van der Waals surface area (Å²) in [5.74, 6) is 0.435. The summed E-state index contributed by atoms with van der Waals surface area (Å²) in [5.41, 5.74) is 3.64. The maximum atomic E-state index is 13.0. The zero-order chi connectivity index (χ0) is 16.1. The number of hydrogen-bond donors (Lipinski definition) is 0. The first-order valence-corrected chi connectivity index (χ1v) is 8.61. The highest BCUT2D eigenvalue weighted by Crippen LogP contribution is 2.35. The molecule has 0 amide bonds. The van der Waals surface area contributed by atoms with Crippen molar-refractivity contribution in [2.45, 2.75) is 37.5 Å². The molecule has 4 heteroatoms. The van der Waals surface area contributed by atoms with Crippen LogP contribution in [-0.4, -0.2) is 8.42 Å². The van der Waals surface area contributed by atoms with Gasteiger partial charge >= 0.3 is 0 Å². The van der Waals surface area contributed by atoms with Crippen LogP contribution in [0.5, 0.6) is 0 Å². The molecule has 22 heavy (non-hydrogen) atoms. The van der Waals surface area contributed by atoms with E-state index in [4.69, 9.17) is 4.42 Å². The molecule has 3 aromatic rings. The summed E-state index contributed by atoms with van der Waals surface area (Å²) >= 11 is 0. The fourth-order valence-electron chi connectivity index (χ4n) is 2.82. The Morgan fingerprint density at radius 3 is 2.14 bits per heavy atom. The lowest BCUT2D eigenvalue weighted by Crippen LogP contribution is -2.03. The smallest absolute Gasteiger partial charge is 0.210 e. The Bertz CT molecular complexity index is 962. The monoisotopic (exact) mass is 314 g/mol. The molecular formula is C18H18O3S. The van der Waals surface area contributed by atoms with Crippen molar-refractivity contribution in [2.24, 2.45) is 0 Å². The molecule has 2 aromatic carbocycles. The molecule has 0 fully saturated rings. The summed E-state index contributed by atoms with van der Waals surface area (Å²) in [6, 6.07) is 10.8. The van der Waals surface area contributed by atoms with E-state index in [1.165, 1.54) is 0 Å². The van der Waals surface area contributed by atoms with Crippen LogP contribution in [0.15, 0.2) is 50.6 Å². The van der Waals surface area contributed by atoms with Gasteiger partial charge in [0.15, 0.2) is 0 Å². The largest absolute Gasteiger partial charge is 0.460 e. The van der Waals surface area contributed by atoms with Gasteiger partial charge < -0.3 is 4.42 Å². The van der Waals surface area contributed by atoms with Crippen LogP contribution in [0, 0.1) is 27.7 Å². The number of fused-ring (bicyclic) bond motifs is 1. The van der Waals surface area contributed by atoms with E-state index in [0.29, 0.717) is 21.6 Å². The molecular weight excluding hydrogens is 296 g/mol. The Hall–Kier alpha value is -2.07. The molecule has 0 radical (unpaired) electrons. The van der Waals surface area contributed by atoms with Gasteiger partial charge in [0.2, 0.25) is 9.84 Å². The van der Waals surface area contributed by atoms with Gasteiger partial charge in [-0.3, -0.25) is 0 Å². The van der Waals surface area contributed by atoms with E-state index < -0.39 is 9.84 Å². The van der Waals surface area contributed by atoms with E-state index in [0.717, 1.165) is 16.7 Å². The van der Waals surface area contributed by atoms with Gasteiger partial charge in [-0.1, -0.05) is 23.8 Å². The Morgan fingerprint density at radius 1 is 0.864 bits per heavy atom. The van der Waals surface area contributed by atoms with Crippen LogP contribution in [0.1, 0.15) is 22.5 Å². The second kappa shape index (κ2) is 4.99. The highest BCUT2D eigenvalue weighted by molar-refractivity contribution is 7.91. The second-order valence-electron chi connectivity index (χ2n) is 5.76. The molecule has 0 atom stereocenters. The average Bonchev–Trinajstić information content (AvgIpc) is 2.76. The molecule has 3 nitrogen and oxygen atoms in total. The van der Waals surface area contributed by atoms with Crippen LogP contribution in [0.3, 0.4) is 0 Å². The van der Waals surface area contributed by atoms with Crippen LogP contribution < -0.4 is 0 Å². The van der Waals surface area contributed by atoms with E-state index in [1.54, 1.807) is 31.2 Å². The van der Waals surface area contributed by atoms with Crippen LogP contribution in [0.25, 0.3) is 11.0 Å². The number of aryl methyl sites for hydroxylation is 4. The molecule has 3 rings (SSSR count). The Kier molecular flexibility index (Phi) is 3.37. The Balaban J connectivity index is 2.34. The molecule has 0 spiro atoms. The minimum Gasteiger partial charge on any atom is -0.460 e. The lowest BCUT2D eigenvalue weighted by atomic mass is 10.1. The molecule has 0 saturated heterocycles. The van der Waals surface area contributed by atoms with Gasteiger partial charge in [0.1, 0.15) is 16.2 Å². The van der Waals surface area contributed by atoms with Gasteiger partial charge in [-0.05, 0) is 57.0 Å². The zero-order valence-corrected chi connectivity index (χ0v) is 13.9. The highest BCUT2D eigenvalue weighted by atomic mass is 32.2. The molecule has 1 aromatic heterocycles. The summed E-state index contributed by atoms with van der Waals surface area (Å²) in [7, 11) is -3.60. The van der Waals surface area contributed by atoms with Crippen LogP contribution in [0.2, 0.25) is 0 Å². The van der Waals surface area contributed by atoms with Crippen molar-refractivity contribution < 1.29 is 12.8 Å². The van der Waals surface area contributed by atoms with Crippen molar-refractivity contribution in [3.05, 3.63) is 58.8 Å². The molecule has 0 aliphatic heterocycles. The predicted octanol–water partition coefficient (Wildman–Crippen LogP) is 4.50. The molecule has 0 N–H and O–H groups in total. The first-order valence-electron chi connectivity index (χ1n) is 7.13. The van der Waals surface area contributed by atoms with Gasteiger partial charge in [0.25, 0.3) is 0 Å². The van der Waals surface area contributed by atoms with Crippen LogP contribution in [0.4, 0.5) is 0 Å². The van der Waals surface area contributed by atoms with Gasteiger partial charge in [0.05, 0.1) is 4.90 Å². The van der Waals surface area contributed by atoms with Crippen LogP contribution >= 0.6 is 0 Å². The fourth-order valence-corrected chi connectivity index (χ4v) is 4.41. The van der Waals surface area contributed by atoms with E-state index in [1.807, 2.05) is 32.9 Å². The minimum atomic E-state index is -3.60. The Morgan fingerprint density at radius 2 is 1.50 bits per heavy atom. The third kappa shape index (κ3) is 2.24. The molecule has 0 unspecified atom stereocenters. The number of hydrogen-bond acceptors (Lipinski definition) is 3. The quantitative estimate of drug-likeness (QED) is 0.699. The number of furan rings is 1. The number of sulfone groups is 1. The third-order valence-electron chi connectivity index (χ3n) is 3.84. The van der Waals surface area contributed by atoms with Gasteiger partial charge in [-0.25, -0.2) is 8.42 Å². The van der Waals surface area contributed by atoms with Crippen molar-refractivity contribution >= 4 is 20.8 Å². The summed E-state index contributed by atoms with van der Waals surface area (Å²) in [6.07, 6.45) is 0. The predicted molar refractivity (Wildman–Crippen MR) is 87.1 cm³/mol. The normalized spacial score (nSPS) is 12.0. The van der Waals surface area contributed by atoms with E-state index in [-0.39, 0.29) is 4.90 Å². The number of rotatable bonds is 2. The Labute approximate surface area is 130 Å². The van der Waals surface area contributed by atoms with Gasteiger partial charge in [0, 0.05) is 5.39 Å². The molecule has 0 aliphatic rings. The second-order valence-corrected chi connectivity index (χ2v) is 7.65. The van der Waals surface area contributed by atoms with Crippen molar-refractivity contribution in [2.75, 3.05) is 0 Å². The fraction of sp³-hybridized carbons (Fsp3) is 0.222. The van der Waals surface area contributed by atoms with E-state index in [2.05, 4.69) is 0 Å². The summed E-state index contributed by atoms with van der Waals surface area (Å²) in [6.45, 7) is 7.52. The molecule has 1 heterocycles. The van der Waals surface area contributed by atoms with Gasteiger partial charge in [-0.15, -0.1) is 0 Å². The molecule has 0 saturated carbocycles. The molecule has 0 aliphatic carbocycles. The molecule has 114 valence electrons. The first kappa shape index (κ1) is 14.9. The van der Waals surface area contributed by atoms with Gasteiger partial charge in [-0.2, -0.15) is 0 Å². The zero-order valence-electron chi connectivity index (χ0n) is 13.1. The summed E-state index contributed by atoms with van der Waals surface area (Å²) in [4.78, 5) is 0.571. The lowest BCUT2D eigenvalue weighted by molar-refractivity contribution is 0.556. The van der Waals surface area contributed by atoms with Crippen molar-refractivity contribution in [1.29, 1.82) is 0 Å². The van der Waals surface area contributed by atoms with E-state index in [9.17, 15) is 8.42 Å². The number of benzene rings is 2. The average molecular weight is 314 g/mol. The minimum absolute atomic E-state index is 0.276. The van der Waals surface area contributed by atoms with Crippen molar-refractivity contribution in [3.8, 4) is 0 Å². The topological polar surface area (TPSA) is 47.3 Å². The standard InChI is InChI=1S/C18H18O3S/c1-11-5-7-15(8-6-11)22(19,20)18-14(4)21-17-13(3)9-12(2)10-16(17)18/h5-10H,1-4H3. The molecule has 0 bridgehead atoms. The lowest BCUT2D eigenvalue weighted by Gasteiger charge is -2.05. The van der Waals surface area contributed by atoms with Crippen molar-refractivity contribution in [3.63, 3.8) is 0 Å². The highest BCUT2D eigenvalue weighted by Gasteiger charge is 2.26. The summed E-state index contributed by atoms with van der Waals surface area (Å²) in [5, 5.41) is 0.663. The maximum absolute atomic E-state index is 13.0.